The molecule has 3 N–H and O–H groups in total. The van der Waals surface area contributed by atoms with Crippen LogP contribution in [0.4, 0.5) is 0 Å². The molecule has 0 aromatic rings. The van der Waals surface area contributed by atoms with Crippen molar-refractivity contribution < 1.29 is 4.79 Å². The Labute approximate surface area is 74.1 Å². The van der Waals surface area contributed by atoms with Gasteiger partial charge in [0.2, 0.25) is 5.91 Å². The number of carbonyl (C=O) groups excluding carboxylic acids is 1. The highest BCUT2D eigenvalue weighted by Crippen LogP contribution is 1.84. The average Bonchev–Trinajstić information content (AvgIpc) is 2.02. The standard InChI is InChI=1S/C8H19N3O/c1-3-10-5-6-11(4-2)7-8(9)12/h10H,3-7H2,1-2H3,(H2,9,12). The fraction of sp³-hybridized carbons (Fsp3) is 0.875. The van der Waals surface area contributed by atoms with Crippen LogP contribution in [0, 0.1) is 0 Å². The first-order valence-corrected chi connectivity index (χ1v) is 4.42. The lowest BCUT2D eigenvalue weighted by Gasteiger charge is -2.18. The molecule has 0 aliphatic rings. The molecule has 0 aliphatic heterocycles. The van der Waals surface area contributed by atoms with E-state index in [1.165, 1.54) is 0 Å². The molecule has 0 rings (SSSR count). The average molecular weight is 173 g/mol. The van der Waals surface area contributed by atoms with Gasteiger partial charge in [0.15, 0.2) is 0 Å². The Balaban J connectivity index is 3.46. The van der Waals surface area contributed by atoms with Gasteiger partial charge in [-0.25, -0.2) is 0 Å². The van der Waals surface area contributed by atoms with Crippen molar-refractivity contribution in [3.05, 3.63) is 0 Å². The lowest BCUT2D eigenvalue weighted by atomic mass is 10.4. The SMILES string of the molecule is CCNCCN(CC)CC(N)=O. The predicted molar refractivity (Wildman–Crippen MR) is 49.9 cm³/mol. The van der Waals surface area contributed by atoms with E-state index in [9.17, 15) is 4.79 Å². The minimum atomic E-state index is -0.256. The Kier molecular flexibility index (Phi) is 6.70. The van der Waals surface area contributed by atoms with Crippen molar-refractivity contribution in [1.29, 1.82) is 0 Å². The first kappa shape index (κ1) is 11.4. The molecule has 0 spiro atoms. The van der Waals surface area contributed by atoms with Gasteiger partial charge in [0.05, 0.1) is 6.54 Å². The molecular formula is C8H19N3O. The minimum Gasteiger partial charge on any atom is -0.369 e. The van der Waals surface area contributed by atoms with E-state index >= 15 is 0 Å². The molecule has 0 unspecified atom stereocenters. The summed E-state index contributed by atoms with van der Waals surface area (Å²) in [4.78, 5) is 12.6. The Bertz CT molecular complexity index is 127. The molecule has 4 nitrogen and oxygen atoms in total. The minimum absolute atomic E-state index is 0.256. The zero-order valence-corrected chi connectivity index (χ0v) is 7.97. The summed E-state index contributed by atoms with van der Waals surface area (Å²) in [6, 6.07) is 0. The number of carbonyl (C=O) groups is 1. The van der Waals surface area contributed by atoms with Crippen molar-refractivity contribution >= 4 is 5.91 Å². The molecule has 0 aromatic carbocycles. The molecule has 72 valence electrons. The van der Waals surface area contributed by atoms with E-state index in [1.807, 2.05) is 11.8 Å². The topological polar surface area (TPSA) is 58.4 Å². The third-order valence-corrected chi connectivity index (χ3v) is 1.68. The van der Waals surface area contributed by atoms with Gasteiger partial charge in [-0.05, 0) is 13.1 Å². The monoisotopic (exact) mass is 173 g/mol. The predicted octanol–water partition coefficient (Wildman–Crippen LogP) is -0.597. The molecule has 0 heterocycles. The van der Waals surface area contributed by atoms with E-state index in [-0.39, 0.29) is 5.91 Å². The van der Waals surface area contributed by atoms with Crippen LogP contribution in [-0.4, -0.2) is 43.5 Å². The molecule has 0 bridgehead atoms. The zero-order chi connectivity index (χ0) is 9.40. The Morgan fingerprint density at radius 3 is 2.58 bits per heavy atom. The quantitative estimate of drug-likeness (QED) is 0.506. The fourth-order valence-electron chi connectivity index (χ4n) is 0.983. The summed E-state index contributed by atoms with van der Waals surface area (Å²) < 4.78 is 0. The molecule has 0 radical (unpaired) electrons. The van der Waals surface area contributed by atoms with Crippen LogP contribution in [0.1, 0.15) is 13.8 Å². The third kappa shape index (κ3) is 6.12. The zero-order valence-electron chi connectivity index (χ0n) is 7.97. The number of likely N-dealkylation sites (N-methyl/N-ethyl adjacent to an activating group) is 2. The number of nitrogens with one attached hydrogen (secondary N) is 1. The molecule has 4 heteroatoms. The van der Waals surface area contributed by atoms with Crippen LogP contribution in [0.3, 0.4) is 0 Å². The number of hydrogen-bond donors (Lipinski definition) is 2. The largest absolute Gasteiger partial charge is 0.369 e. The van der Waals surface area contributed by atoms with Gasteiger partial charge in [-0.15, -0.1) is 0 Å². The van der Waals surface area contributed by atoms with Crippen LogP contribution in [0.5, 0.6) is 0 Å². The number of rotatable bonds is 7. The number of amides is 1. The molecule has 0 saturated heterocycles. The molecule has 0 atom stereocenters. The number of hydrogen-bond acceptors (Lipinski definition) is 3. The second-order valence-corrected chi connectivity index (χ2v) is 2.69. The third-order valence-electron chi connectivity index (χ3n) is 1.68. The van der Waals surface area contributed by atoms with Crippen LogP contribution in [0.2, 0.25) is 0 Å². The summed E-state index contributed by atoms with van der Waals surface area (Å²) in [6.45, 7) is 8.08. The lowest BCUT2D eigenvalue weighted by Crippen LogP contribution is -2.38. The van der Waals surface area contributed by atoms with Gasteiger partial charge < -0.3 is 11.1 Å². The van der Waals surface area contributed by atoms with Gasteiger partial charge in [0.25, 0.3) is 0 Å². The van der Waals surface area contributed by atoms with Crippen LogP contribution in [0.25, 0.3) is 0 Å². The second kappa shape index (κ2) is 7.06. The molecule has 1 amide bonds. The van der Waals surface area contributed by atoms with Gasteiger partial charge in [0, 0.05) is 13.1 Å². The van der Waals surface area contributed by atoms with Gasteiger partial charge in [0.1, 0.15) is 0 Å². The van der Waals surface area contributed by atoms with Crippen LogP contribution >= 0.6 is 0 Å². The Hall–Kier alpha value is -0.610. The lowest BCUT2D eigenvalue weighted by molar-refractivity contribution is -0.119. The summed E-state index contributed by atoms with van der Waals surface area (Å²) in [6.07, 6.45) is 0. The van der Waals surface area contributed by atoms with Gasteiger partial charge in [-0.1, -0.05) is 13.8 Å². The van der Waals surface area contributed by atoms with E-state index in [1.54, 1.807) is 0 Å². The molecule has 12 heavy (non-hydrogen) atoms. The maximum atomic E-state index is 10.6. The number of nitrogens with zero attached hydrogens (tertiary/aromatic N) is 1. The first-order chi connectivity index (χ1) is 5.70. The van der Waals surface area contributed by atoms with Crippen molar-refractivity contribution in [3.63, 3.8) is 0 Å². The highest BCUT2D eigenvalue weighted by molar-refractivity contribution is 5.75. The smallest absolute Gasteiger partial charge is 0.231 e. The van der Waals surface area contributed by atoms with Gasteiger partial charge >= 0.3 is 0 Å². The molecule has 0 aliphatic carbocycles. The van der Waals surface area contributed by atoms with Crippen LogP contribution < -0.4 is 11.1 Å². The van der Waals surface area contributed by atoms with Crippen LogP contribution in [0.15, 0.2) is 0 Å². The molecule has 0 saturated carbocycles. The van der Waals surface area contributed by atoms with E-state index in [4.69, 9.17) is 5.73 Å². The highest BCUT2D eigenvalue weighted by atomic mass is 16.1. The summed E-state index contributed by atoms with van der Waals surface area (Å²) in [5, 5.41) is 3.19. The van der Waals surface area contributed by atoms with Crippen molar-refractivity contribution in [2.75, 3.05) is 32.7 Å². The summed E-state index contributed by atoms with van der Waals surface area (Å²) in [5.74, 6) is -0.256. The number of nitrogens with two attached hydrogens (primary N) is 1. The van der Waals surface area contributed by atoms with E-state index in [0.717, 1.165) is 26.2 Å². The van der Waals surface area contributed by atoms with E-state index < -0.39 is 0 Å². The summed E-state index contributed by atoms with van der Waals surface area (Å²) >= 11 is 0. The van der Waals surface area contributed by atoms with Crippen molar-refractivity contribution in [3.8, 4) is 0 Å². The summed E-state index contributed by atoms with van der Waals surface area (Å²) in [7, 11) is 0. The molecule has 0 fully saturated rings. The maximum absolute atomic E-state index is 10.6. The first-order valence-electron chi connectivity index (χ1n) is 4.42. The second-order valence-electron chi connectivity index (χ2n) is 2.69. The molecule has 0 aromatic heterocycles. The highest BCUT2D eigenvalue weighted by Gasteiger charge is 2.03. The van der Waals surface area contributed by atoms with Gasteiger partial charge in [-0.3, -0.25) is 9.69 Å². The summed E-state index contributed by atoms with van der Waals surface area (Å²) in [5.41, 5.74) is 5.07. The number of primary amides is 1. The maximum Gasteiger partial charge on any atom is 0.231 e. The van der Waals surface area contributed by atoms with E-state index in [0.29, 0.717) is 6.54 Å². The van der Waals surface area contributed by atoms with Crippen molar-refractivity contribution in [2.24, 2.45) is 5.73 Å². The van der Waals surface area contributed by atoms with Crippen LogP contribution in [-0.2, 0) is 4.79 Å². The van der Waals surface area contributed by atoms with E-state index in [2.05, 4.69) is 12.2 Å². The molecular weight excluding hydrogens is 154 g/mol. The van der Waals surface area contributed by atoms with Crippen molar-refractivity contribution in [2.45, 2.75) is 13.8 Å². The fourth-order valence-corrected chi connectivity index (χ4v) is 0.983. The van der Waals surface area contributed by atoms with Gasteiger partial charge in [-0.2, -0.15) is 0 Å². The Morgan fingerprint density at radius 1 is 1.50 bits per heavy atom. The normalized spacial score (nSPS) is 10.6. The Morgan fingerprint density at radius 2 is 2.17 bits per heavy atom. The van der Waals surface area contributed by atoms with Crippen molar-refractivity contribution in [1.82, 2.24) is 10.2 Å².